The summed E-state index contributed by atoms with van der Waals surface area (Å²) in [5, 5.41) is 0. The molecule has 0 heterocycles. The second-order valence-corrected chi connectivity index (χ2v) is 7.01. The Bertz CT molecular complexity index is 841. The maximum atomic E-state index is 13.4. The van der Waals surface area contributed by atoms with Gasteiger partial charge >= 0.3 is 7.82 Å². The van der Waals surface area contributed by atoms with Crippen LogP contribution in [0.2, 0.25) is 0 Å². The molecule has 0 unspecified atom stereocenters. The molecule has 128 valence electrons. The summed E-state index contributed by atoms with van der Waals surface area (Å²) in [7, 11) is -3.94. The second kappa shape index (κ2) is 7.45. The van der Waals surface area contributed by atoms with Crippen molar-refractivity contribution in [3.8, 4) is 17.2 Å². The van der Waals surface area contributed by atoms with E-state index in [1.54, 1.807) is 36.4 Å². The van der Waals surface area contributed by atoms with E-state index < -0.39 is 7.82 Å². The number of phosphoric acid groups is 1. The molecule has 0 atom stereocenters. The highest BCUT2D eigenvalue weighted by atomic mass is 31.2. The Hall–Kier alpha value is -2.71. The Kier molecular flexibility index (Phi) is 5.11. The zero-order valence-corrected chi connectivity index (χ0v) is 15.0. The van der Waals surface area contributed by atoms with E-state index in [4.69, 9.17) is 13.6 Å². The standard InChI is InChI=1S/C20H19O4P/c1-16-10-6-8-14-19(16)23-25(21,22-18-12-4-3-5-13-18)24-20-15-9-7-11-17(20)2/h3-15H,1-2H3. The van der Waals surface area contributed by atoms with Gasteiger partial charge in [-0.3, -0.25) is 0 Å². The number of benzene rings is 3. The van der Waals surface area contributed by atoms with E-state index in [2.05, 4.69) is 0 Å². The van der Waals surface area contributed by atoms with Crippen molar-refractivity contribution in [1.29, 1.82) is 0 Å². The zero-order valence-electron chi connectivity index (χ0n) is 14.1. The third-order valence-electron chi connectivity index (χ3n) is 3.57. The van der Waals surface area contributed by atoms with Crippen LogP contribution >= 0.6 is 7.82 Å². The van der Waals surface area contributed by atoms with Crippen molar-refractivity contribution in [2.45, 2.75) is 13.8 Å². The van der Waals surface area contributed by atoms with Gasteiger partial charge in [-0.05, 0) is 49.2 Å². The summed E-state index contributed by atoms with van der Waals surface area (Å²) >= 11 is 0. The highest BCUT2D eigenvalue weighted by Crippen LogP contribution is 2.50. The quantitative estimate of drug-likeness (QED) is 0.513. The minimum Gasteiger partial charge on any atom is -0.386 e. The Morgan fingerprint density at radius 3 is 1.52 bits per heavy atom. The summed E-state index contributed by atoms with van der Waals surface area (Å²) in [5.41, 5.74) is 1.68. The van der Waals surface area contributed by atoms with Gasteiger partial charge in [-0.1, -0.05) is 54.6 Å². The van der Waals surface area contributed by atoms with E-state index in [1.165, 1.54) is 0 Å². The lowest BCUT2D eigenvalue weighted by Crippen LogP contribution is -2.08. The van der Waals surface area contributed by atoms with Gasteiger partial charge in [0.15, 0.2) is 0 Å². The highest BCUT2D eigenvalue weighted by molar-refractivity contribution is 7.49. The van der Waals surface area contributed by atoms with Crippen molar-refractivity contribution in [1.82, 2.24) is 0 Å². The van der Waals surface area contributed by atoms with Gasteiger partial charge in [-0.2, -0.15) is 4.57 Å². The fourth-order valence-corrected chi connectivity index (χ4v) is 3.61. The van der Waals surface area contributed by atoms with Crippen LogP contribution in [0.5, 0.6) is 17.2 Å². The monoisotopic (exact) mass is 354 g/mol. The first-order chi connectivity index (χ1) is 12.1. The normalized spacial score (nSPS) is 11.0. The van der Waals surface area contributed by atoms with Crippen LogP contribution in [0.3, 0.4) is 0 Å². The molecule has 0 aliphatic carbocycles. The molecule has 4 nitrogen and oxygen atoms in total. The molecule has 0 bridgehead atoms. The molecule has 0 amide bonds. The molecule has 0 saturated heterocycles. The summed E-state index contributed by atoms with van der Waals surface area (Å²) < 4.78 is 30.4. The summed E-state index contributed by atoms with van der Waals surface area (Å²) in [4.78, 5) is 0. The topological polar surface area (TPSA) is 44.8 Å². The van der Waals surface area contributed by atoms with Crippen molar-refractivity contribution in [2.24, 2.45) is 0 Å². The van der Waals surface area contributed by atoms with E-state index in [9.17, 15) is 4.57 Å². The Labute approximate surface area is 147 Å². The molecule has 3 aromatic carbocycles. The molecule has 0 N–H and O–H groups in total. The van der Waals surface area contributed by atoms with Gasteiger partial charge in [0.25, 0.3) is 0 Å². The molecule has 0 radical (unpaired) electrons. The van der Waals surface area contributed by atoms with Crippen molar-refractivity contribution in [2.75, 3.05) is 0 Å². The highest BCUT2D eigenvalue weighted by Gasteiger charge is 2.34. The largest absolute Gasteiger partial charge is 0.647 e. The number of para-hydroxylation sites is 3. The molecular weight excluding hydrogens is 335 g/mol. The van der Waals surface area contributed by atoms with Gasteiger partial charge in [0.1, 0.15) is 17.2 Å². The molecule has 25 heavy (non-hydrogen) atoms. The second-order valence-electron chi connectivity index (χ2n) is 5.57. The fourth-order valence-electron chi connectivity index (χ4n) is 2.22. The third kappa shape index (κ3) is 4.43. The van der Waals surface area contributed by atoms with Gasteiger partial charge in [0, 0.05) is 0 Å². The van der Waals surface area contributed by atoms with Gasteiger partial charge in [-0.15, -0.1) is 0 Å². The van der Waals surface area contributed by atoms with Gasteiger partial charge < -0.3 is 13.6 Å². The Balaban J connectivity index is 1.94. The van der Waals surface area contributed by atoms with Crippen LogP contribution in [0.4, 0.5) is 0 Å². The Morgan fingerprint density at radius 2 is 1.04 bits per heavy atom. The van der Waals surface area contributed by atoms with E-state index in [0.29, 0.717) is 17.2 Å². The lowest BCUT2D eigenvalue weighted by molar-refractivity contribution is 0.297. The molecule has 3 aromatic rings. The number of phosphoric ester groups is 1. The molecular formula is C20H19O4P. The van der Waals surface area contributed by atoms with E-state index >= 15 is 0 Å². The van der Waals surface area contributed by atoms with Crippen LogP contribution in [0.25, 0.3) is 0 Å². The Morgan fingerprint density at radius 1 is 0.600 bits per heavy atom. The minimum atomic E-state index is -3.94. The summed E-state index contributed by atoms with van der Waals surface area (Å²) in [6.45, 7) is 3.74. The van der Waals surface area contributed by atoms with E-state index in [1.807, 2.05) is 56.3 Å². The molecule has 0 saturated carbocycles. The summed E-state index contributed by atoms with van der Waals surface area (Å²) in [6, 6.07) is 23.4. The van der Waals surface area contributed by atoms with Crippen LogP contribution in [-0.2, 0) is 4.57 Å². The minimum absolute atomic E-state index is 0.410. The lowest BCUT2D eigenvalue weighted by atomic mass is 10.2. The molecule has 5 heteroatoms. The molecule has 0 aliphatic heterocycles. The van der Waals surface area contributed by atoms with Crippen LogP contribution in [0, 0.1) is 13.8 Å². The maximum absolute atomic E-state index is 13.4. The van der Waals surface area contributed by atoms with Gasteiger partial charge in [0.05, 0.1) is 0 Å². The fraction of sp³-hybridized carbons (Fsp3) is 0.100. The first-order valence-electron chi connectivity index (χ1n) is 7.91. The van der Waals surface area contributed by atoms with E-state index in [-0.39, 0.29) is 0 Å². The van der Waals surface area contributed by atoms with Crippen molar-refractivity contribution in [3.63, 3.8) is 0 Å². The van der Waals surface area contributed by atoms with Gasteiger partial charge in [-0.25, -0.2) is 0 Å². The van der Waals surface area contributed by atoms with Crippen LogP contribution in [0.1, 0.15) is 11.1 Å². The molecule has 0 aromatic heterocycles. The van der Waals surface area contributed by atoms with Crippen LogP contribution in [0.15, 0.2) is 78.9 Å². The predicted octanol–water partition coefficient (Wildman–Crippen LogP) is 5.95. The maximum Gasteiger partial charge on any atom is 0.647 e. The SMILES string of the molecule is Cc1ccccc1OP(=O)(Oc1ccccc1)Oc1ccccc1C. The average Bonchev–Trinajstić information content (AvgIpc) is 2.60. The number of hydrogen-bond donors (Lipinski definition) is 0. The number of aryl methyl sites for hydroxylation is 2. The smallest absolute Gasteiger partial charge is 0.386 e. The molecule has 0 aliphatic rings. The van der Waals surface area contributed by atoms with Crippen LogP contribution in [-0.4, -0.2) is 0 Å². The summed E-state index contributed by atoms with van der Waals surface area (Å²) in [6.07, 6.45) is 0. The van der Waals surface area contributed by atoms with Gasteiger partial charge in [0.2, 0.25) is 0 Å². The first-order valence-corrected chi connectivity index (χ1v) is 9.37. The molecule has 0 fully saturated rings. The first kappa shape index (κ1) is 17.1. The van der Waals surface area contributed by atoms with Crippen molar-refractivity contribution < 1.29 is 18.1 Å². The summed E-state index contributed by atoms with van der Waals surface area (Å²) in [5.74, 6) is 1.32. The van der Waals surface area contributed by atoms with E-state index in [0.717, 1.165) is 11.1 Å². The number of rotatable bonds is 6. The third-order valence-corrected chi connectivity index (χ3v) is 4.84. The van der Waals surface area contributed by atoms with Crippen LogP contribution < -0.4 is 13.6 Å². The predicted molar refractivity (Wildman–Crippen MR) is 98.3 cm³/mol. The number of hydrogen-bond acceptors (Lipinski definition) is 4. The van der Waals surface area contributed by atoms with Crippen molar-refractivity contribution >= 4 is 7.82 Å². The molecule has 0 spiro atoms. The molecule has 3 rings (SSSR count). The van der Waals surface area contributed by atoms with Crippen molar-refractivity contribution in [3.05, 3.63) is 90.0 Å². The zero-order chi connectivity index (χ0) is 17.7. The lowest BCUT2D eigenvalue weighted by Gasteiger charge is -2.21. The average molecular weight is 354 g/mol.